The summed E-state index contributed by atoms with van der Waals surface area (Å²) in [5, 5.41) is 11.0. The van der Waals surface area contributed by atoms with E-state index in [1.54, 1.807) is 27.4 Å². The van der Waals surface area contributed by atoms with Crippen LogP contribution in [0.2, 0.25) is 18.1 Å². The van der Waals surface area contributed by atoms with E-state index in [1.165, 1.54) is 14.0 Å². The maximum atomic E-state index is 12.5. The molecule has 1 aliphatic carbocycles. The van der Waals surface area contributed by atoms with Crippen molar-refractivity contribution in [2.75, 3.05) is 28.4 Å². The molecule has 0 spiro atoms. The smallest absolute Gasteiger partial charge is 0.250 e. The molecule has 2 aromatic rings. The maximum absolute atomic E-state index is 12.5. The van der Waals surface area contributed by atoms with Gasteiger partial charge in [-0.1, -0.05) is 26.8 Å². The van der Waals surface area contributed by atoms with Crippen molar-refractivity contribution in [3.63, 3.8) is 0 Å². The van der Waals surface area contributed by atoms with Gasteiger partial charge in [0, 0.05) is 17.6 Å². The molecule has 0 bridgehead atoms. The van der Waals surface area contributed by atoms with Crippen molar-refractivity contribution in [1.82, 2.24) is 0 Å². The summed E-state index contributed by atoms with van der Waals surface area (Å²) in [6.45, 7) is 12.3. The standard InChI is InChI=1S/C29H38O7Si/c1-17(30)19-14-22-21(16-26(33-6)28(35-8)27(22)34-7)20(15-23(19)31)18-11-12-24(32-5)25(13-18)36-37(9,10)29(2,3)4/h11-13,15-16,31H,14H2,1-10H3. The summed E-state index contributed by atoms with van der Waals surface area (Å²) in [6.07, 6.45) is 1.79. The third-order valence-corrected chi connectivity index (χ3v) is 11.6. The number of rotatable bonds is 8. The zero-order chi connectivity index (χ0) is 27.7. The number of methoxy groups -OCH3 is 4. The Morgan fingerprint density at radius 3 is 2.03 bits per heavy atom. The Hall–Kier alpha value is -3.39. The van der Waals surface area contributed by atoms with Crippen molar-refractivity contribution < 1.29 is 33.3 Å². The maximum Gasteiger partial charge on any atom is 0.250 e. The number of aliphatic hydroxyl groups is 1. The van der Waals surface area contributed by atoms with E-state index in [9.17, 15) is 9.90 Å². The number of aliphatic hydroxyl groups excluding tert-OH is 1. The quantitative estimate of drug-likeness (QED) is 0.393. The van der Waals surface area contributed by atoms with Gasteiger partial charge in [0.05, 0.1) is 28.4 Å². The van der Waals surface area contributed by atoms with Crippen molar-refractivity contribution in [2.45, 2.75) is 52.2 Å². The molecule has 1 aliphatic rings. The largest absolute Gasteiger partial charge is 0.541 e. The summed E-state index contributed by atoms with van der Waals surface area (Å²) < 4.78 is 29.2. The second kappa shape index (κ2) is 10.5. The van der Waals surface area contributed by atoms with Gasteiger partial charge in [-0.2, -0.15) is 0 Å². The number of benzene rings is 2. The van der Waals surface area contributed by atoms with Crippen molar-refractivity contribution in [3.05, 3.63) is 58.4 Å². The van der Waals surface area contributed by atoms with Crippen LogP contribution < -0.4 is 23.4 Å². The molecule has 0 radical (unpaired) electrons. The third-order valence-electron chi connectivity index (χ3n) is 7.24. The van der Waals surface area contributed by atoms with E-state index in [4.69, 9.17) is 23.4 Å². The average molecular weight is 527 g/mol. The van der Waals surface area contributed by atoms with Gasteiger partial charge in [0.25, 0.3) is 8.32 Å². The first kappa shape index (κ1) is 28.2. The van der Waals surface area contributed by atoms with Crippen LogP contribution in [-0.4, -0.2) is 47.6 Å². The van der Waals surface area contributed by atoms with Crippen LogP contribution >= 0.6 is 0 Å². The highest BCUT2D eigenvalue weighted by Gasteiger charge is 2.39. The van der Waals surface area contributed by atoms with E-state index in [0.717, 1.165) is 11.1 Å². The second-order valence-electron chi connectivity index (χ2n) is 10.6. The van der Waals surface area contributed by atoms with E-state index < -0.39 is 8.32 Å². The molecule has 0 aliphatic heterocycles. The zero-order valence-electron chi connectivity index (χ0n) is 23.5. The van der Waals surface area contributed by atoms with Gasteiger partial charge in [0.1, 0.15) is 11.5 Å². The Bertz CT molecular complexity index is 1270. The lowest BCUT2D eigenvalue weighted by molar-refractivity contribution is -0.113. The monoisotopic (exact) mass is 526 g/mol. The molecule has 0 aromatic heterocycles. The lowest BCUT2D eigenvalue weighted by Gasteiger charge is -2.37. The normalized spacial score (nSPS) is 13.8. The van der Waals surface area contributed by atoms with Gasteiger partial charge in [0.2, 0.25) is 5.75 Å². The van der Waals surface area contributed by atoms with Gasteiger partial charge in [-0.05, 0) is 66.0 Å². The van der Waals surface area contributed by atoms with Gasteiger partial charge < -0.3 is 28.5 Å². The molecule has 8 heteroatoms. The summed E-state index contributed by atoms with van der Waals surface area (Å²) in [5.41, 5.74) is 3.21. The van der Waals surface area contributed by atoms with Gasteiger partial charge in [0.15, 0.2) is 23.0 Å². The van der Waals surface area contributed by atoms with Crippen molar-refractivity contribution >= 4 is 19.7 Å². The summed E-state index contributed by atoms with van der Waals surface area (Å²) >= 11 is 0. The van der Waals surface area contributed by atoms with Crippen molar-refractivity contribution in [1.29, 1.82) is 0 Å². The lowest BCUT2D eigenvalue weighted by Crippen LogP contribution is -2.43. The second-order valence-corrected chi connectivity index (χ2v) is 15.3. The molecule has 200 valence electrons. The van der Waals surface area contributed by atoms with Crippen LogP contribution in [0.15, 0.2) is 41.7 Å². The van der Waals surface area contributed by atoms with Crippen molar-refractivity contribution in [2.24, 2.45) is 0 Å². The Labute approximate surface area is 220 Å². The van der Waals surface area contributed by atoms with E-state index in [0.29, 0.717) is 39.9 Å². The Morgan fingerprint density at radius 2 is 1.51 bits per heavy atom. The van der Waals surface area contributed by atoms with Crippen LogP contribution in [0.25, 0.3) is 5.57 Å². The molecule has 0 fully saturated rings. The van der Waals surface area contributed by atoms with Gasteiger partial charge in [-0.15, -0.1) is 0 Å². The highest BCUT2D eigenvalue weighted by molar-refractivity contribution is 6.74. The molecule has 0 amide bonds. The predicted octanol–water partition coefficient (Wildman–Crippen LogP) is 6.49. The van der Waals surface area contributed by atoms with Crippen LogP contribution in [0.4, 0.5) is 0 Å². The number of allylic oxidation sites excluding steroid dienone is 2. The van der Waals surface area contributed by atoms with Gasteiger partial charge >= 0.3 is 0 Å². The molecule has 0 heterocycles. The average Bonchev–Trinajstić information content (AvgIpc) is 2.98. The van der Waals surface area contributed by atoms with Crippen LogP contribution in [0, 0.1) is 0 Å². The minimum Gasteiger partial charge on any atom is -0.541 e. The van der Waals surface area contributed by atoms with E-state index in [-0.39, 0.29) is 28.6 Å². The molecule has 0 saturated carbocycles. The number of carbonyl (C=O) groups excluding carboxylic acids is 1. The zero-order valence-corrected chi connectivity index (χ0v) is 24.5. The molecule has 0 atom stereocenters. The van der Waals surface area contributed by atoms with Crippen LogP contribution in [0.5, 0.6) is 28.7 Å². The number of hydrogen-bond acceptors (Lipinski definition) is 7. The molecular formula is C29H38O7Si. The number of carbonyl (C=O) groups is 1. The van der Waals surface area contributed by atoms with Crippen LogP contribution in [-0.2, 0) is 11.2 Å². The molecule has 0 unspecified atom stereocenters. The first-order valence-electron chi connectivity index (χ1n) is 12.1. The topological polar surface area (TPSA) is 83.5 Å². The van der Waals surface area contributed by atoms with Crippen LogP contribution in [0.1, 0.15) is 44.4 Å². The number of ketones is 1. The van der Waals surface area contributed by atoms with Crippen molar-refractivity contribution in [3.8, 4) is 28.7 Å². The Kier molecular flexibility index (Phi) is 8.02. The molecular weight excluding hydrogens is 488 g/mol. The SMILES string of the molecule is COc1ccc(C2=CC(O)=C(C(C)=O)Cc3c2cc(OC)c(OC)c3OC)cc1O[Si](C)(C)C(C)(C)C. The van der Waals surface area contributed by atoms with Gasteiger partial charge in [-0.25, -0.2) is 0 Å². The fourth-order valence-electron chi connectivity index (χ4n) is 4.10. The summed E-state index contributed by atoms with van der Waals surface area (Å²) in [6, 6.07) is 7.53. The Morgan fingerprint density at radius 1 is 0.892 bits per heavy atom. The Balaban J connectivity index is 2.34. The molecule has 3 rings (SSSR count). The molecule has 2 aromatic carbocycles. The van der Waals surface area contributed by atoms with E-state index >= 15 is 0 Å². The fraction of sp³-hybridized carbons (Fsp3) is 0.414. The molecule has 7 nitrogen and oxygen atoms in total. The molecule has 1 N–H and O–H groups in total. The highest BCUT2D eigenvalue weighted by Crippen LogP contribution is 2.48. The highest BCUT2D eigenvalue weighted by atomic mass is 28.4. The lowest BCUT2D eigenvalue weighted by atomic mass is 9.91. The number of fused-ring (bicyclic) bond motifs is 1. The molecule has 37 heavy (non-hydrogen) atoms. The predicted molar refractivity (Wildman–Crippen MR) is 148 cm³/mol. The minimum absolute atomic E-state index is 0.0170. The summed E-state index contributed by atoms with van der Waals surface area (Å²) in [4.78, 5) is 12.5. The summed E-state index contributed by atoms with van der Waals surface area (Å²) in [5.74, 6) is 2.27. The first-order valence-corrected chi connectivity index (χ1v) is 15.0. The number of hydrogen-bond donors (Lipinski definition) is 1. The van der Waals surface area contributed by atoms with Gasteiger partial charge in [-0.3, -0.25) is 4.79 Å². The number of ether oxygens (including phenoxy) is 4. The summed E-state index contributed by atoms with van der Waals surface area (Å²) in [7, 11) is 4.06. The minimum atomic E-state index is -2.19. The van der Waals surface area contributed by atoms with E-state index in [2.05, 4.69) is 33.9 Å². The fourth-order valence-corrected chi connectivity index (χ4v) is 5.11. The molecule has 0 saturated heterocycles. The number of Topliss-reactive ketones (excluding diaryl/α,β-unsaturated/α-hetero) is 1. The van der Waals surface area contributed by atoms with E-state index in [1.807, 2.05) is 24.3 Å². The van der Waals surface area contributed by atoms with Crippen LogP contribution in [0.3, 0.4) is 0 Å². The first-order chi connectivity index (χ1) is 17.3. The third kappa shape index (κ3) is 5.34.